The van der Waals surface area contributed by atoms with Crippen LogP contribution in [-0.4, -0.2) is 10.2 Å². The topological polar surface area (TPSA) is 25.8 Å². The van der Waals surface area contributed by atoms with Gasteiger partial charge < -0.3 is 0 Å². The van der Waals surface area contributed by atoms with Crippen molar-refractivity contribution in [3.8, 4) is 0 Å². The zero-order chi connectivity index (χ0) is 9.47. The third kappa shape index (κ3) is 1.37. The van der Waals surface area contributed by atoms with Gasteiger partial charge in [-0.15, -0.1) is 0 Å². The number of aromatic nitrogens is 2. The van der Waals surface area contributed by atoms with Gasteiger partial charge in [-0.05, 0) is 11.0 Å². The SMILES string of the molecule is CC(C)(C)c1cnnc2c1C=CC2. The molecule has 2 nitrogen and oxygen atoms in total. The van der Waals surface area contributed by atoms with Crippen LogP contribution in [0.15, 0.2) is 12.3 Å². The molecule has 2 rings (SSSR count). The molecule has 0 N–H and O–H groups in total. The van der Waals surface area contributed by atoms with Crippen molar-refractivity contribution in [3.05, 3.63) is 29.1 Å². The third-order valence-corrected chi connectivity index (χ3v) is 2.37. The highest BCUT2D eigenvalue weighted by molar-refractivity contribution is 5.61. The lowest BCUT2D eigenvalue weighted by molar-refractivity contribution is 0.582. The fourth-order valence-electron chi connectivity index (χ4n) is 1.66. The summed E-state index contributed by atoms with van der Waals surface area (Å²) in [6.07, 6.45) is 7.12. The predicted molar refractivity (Wildman–Crippen MR) is 53.5 cm³/mol. The number of nitrogens with zero attached hydrogens (tertiary/aromatic N) is 2. The Kier molecular flexibility index (Phi) is 1.72. The van der Waals surface area contributed by atoms with Gasteiger partial charge in [-0.1, -0.05) is 32.9 Å². The molecule has 1 heterocycles. The van der Waals surface area contributed by atoms with Gasteiger partial charge in [0.1, 0.15) is 0 Å². The second-order valence-electron chi connectivity index (χ2n) is 4.48. The van der Waals surface area contributed by atoms with Gasteiger partial charge >= 0.3 is 0 Å². The van der Waals surface area contributed by atoms with Crippen LogP contribution < -0.4 is 0 Å². The number of hydrogen-bond donors (Lipinski definition) is 0. The van der Waals surface area contributed by atoms with Crippen molar-refractivity contribution in [2.45, 2.75) is 32.6 Å². The molecular weight excluding hydrogens is 160 g/mol. The largest absolute Gasteiger partial charge is 0.159 e. The van der Waals surface area contributed by atoms with Crippen LogP contribution in [-0.2, 0) is 11.8 Å². The first kappa shape index (κ1) is 8.42. The molecule has 13 heavy (non-hydrogen) atoms. The van der Waals surface area contributed by atoms with E-state index >= 15 is 0 Å². The maximum absolute atomic E-state index is 4.12. The molecule has 1 aliphatic carbocycles. The molecule has 0 atom stereocenters. The van der Waals surface area contributed by atoms with E-state index in [0.29, 0.717) is 0 Å². The van der Waals surface area contributed by atoms with Crippen molar-refractivity contribution < 1.29 is 0 Å². The average Bonchev–Trinajstić information content (AvgIpc) is 2.48. The van der Waals surface area contributed by atoms with Crippen molar-refractivity contribution in [2.75, 3.05) is 0 Å². The molecule has 1 aromatic rings. The predicted octanol–water partition coefficient (Wildman–Crippen LogP) is 2.34. The van der Waals surface area contributed by atoms with Crippen molar-refractivity contribution in [1.29, 1.82) is 0 Å². The average molecular weight is 174 g/mol. The van der Waals surface area contributed by atoms with Gasteiger partial charge in [-0.25, -0.2) is 0 Å². The molecule has 2 heteroatoms. The third-order valence-electron chi connectivity index (χ3n) is 2.37. The molecule has 1 aromatic heterocycles. The second-order valence-corrected chi connectivity index (χ2v) is 4.48. The van der Waals surface area contributed by atoms with Crippen LogP contribution in [0.2, 0.25) is 0 Å². The number of rotatable bonds is 0. The van der Waals surface area contributed by atoms with Gasteiger partial charge in [0.15, 0.2) is 0 Å². The molecule has 0 radical (unpaired) electrons. The van der Waals surface area contributed by atoms with E-state index < -0.39 is 0 Å². The summed E-state index contributed by atoms with van der Waals surface area (Å²) in [5.74, 6) is 0. The molecule has 0 fully saturated rings. The first-order valence-electron chi connectivity index (χ1n) is 4.60. The highest BCUT2D eigenvalue weighted by Gasteiger charge is 2.21. The lowest BCUT2D eigenvalue weighted by Crippen LogP contribution is -2.14. The molecule has 0 bridgehead atoms. The Morgan fingerprint density at radius 2 is 2.08 bits per heavy atom. The molecule has 0 spiro atoms. The number of hydrogen-bond acceptors (Lipinski definition) is 2. The second kappa shape index (κ2) is 2.66. The zero-order valence-electron chi connectivity index (χ0n) is 8.33. The molecule has 0 saturated carbocycles. The molecule has 0 amide bonds. The van der Waals surface area contributed by atoms with Gasteiger partial charge in [0.2, 0.25) is 0 Å². The fraction of sp³-hybridized carbons (Fsp3) is 0.455. The van der Waals surface area contributed by atoms with Gasteiger partial charge in [0.05, 0.1) is 11.9 Å². The van der Waals surface area contributed by atoms with Gasteiger partial charge in [-0.2, -0.15) is 10.2 Å². The van der Waals surface area contributed by atoms with Gasteiger partial charge in [0.25, 0.3) is 0 Å². The Bertz CT molecular complexity index is 359. The summed E-state index contributed by atoms with van der Waals surface area (Å²) < 4.78 is 0. The van der Waals surface area contributed by atoms with E-state index in [2.05, 4.69) is 43.1 Å². The van der Waals surface area contributed by atoms with Crippen molar-refractivity contribution in [2.24, 2.45) is 0 Å². The lowest BCUT2D eigenvalue weighted by atomic mass is 9.85. The molecule has 1 aliphatic rings. The van der Waals surface area contributed by atoms with E-state index in [0.717, 1.165) is 12.1 Å². The Morgan fingerprint density at radius 3 is 2.77 bits per heavy atom. The number of fused-ring (bicyclic) bond motifs is 1. The van der Waals surface area contributed by atoms with E-state index in [1.165, 1.54) is 11.1 Å². The van der Waals surface area contributed by atoms with Crippen molar-refractivity contribution in [3.63, 3.8) is 0 Å². The summed E-state index contributed by atoms with van der Waals surface area (Å²) in [6, 6.07) is 0. The Hall–Kier alpha value is -1.18. The minimum Gasteiger partial charge on any atom is -0.159 e. The van der Waals surface area contributed by atoms with Crippen LogP contribution in [0.1, 0.15) is 37.6 Å². The van der Waals surface area contributed by atoms with Crippen LogP contribution in [0.4, 0.5) is 0 Å². The summed E-state index contributed by atoms with van der Waals surface area (Å²) in [7, 11) is 0. The highest BCUT2D eigenvalue weighted by atomic mass is 15.1. The molecule has 68 valence electrons. The van der Waals surface area contributed by atoms with E-state index in [-0.39, 0.29) is 5.41 Å². The summed E-state index contributed by atoms with van der Waals surface area (Å²) in [5, 5.41) is 8.15. The van der Waals surface area contributed by atoms with Crippen molar-refractivity contribution >= 4 is 6.08 Å². The summed E-state index contributed by atoms with van der Waals surface area (Å²) in [5.41, 5.74) is 3.86. The smallest absolute Gasteiger partial charge is 0.0743 e. The Labute approximate surface area is 78.7 Å². The highest BCUT2D eigenvalue weighted by Crippen LogP contribution is 2.29. The van der Waals surface area contributed by atoms with Crippen LogP contribution in [0.25, 0.3) is 6.08 Å². The first-order valence-corrected chi connectivity index (χ1v) is 4.60. The van der Waals surface area contributed by atoms with Crippen LogP contribution in [0.3, 0.4) is 0 Å². The maximum Gasteiger partial charge on any atom is 0.0743 e. The quantitative estimate of drug-likeness (QED) is 0.603. The molecular formula is C11H14N2. The fourth-order valence-corrected chi connectivity index (χ4v) is 1.66. The van der Waals surface area contributed by atoms with E-state index in [1.54, 1.807) is 0 Å². The van der Waals surface area contributed by atoms with E-state index in [1.807, 2.05) is 6.20 Å². The summed E-state index contributed by atoms with van der Waals surface area (Å²) in [6.45, 7) is 6.61. The minimum absolute atomic E-state index is 0.161. The van der Waals surface area contributed by atoms with Gasteiger partial charge in [-0.3, -0.25) is 0 Å². The lowest BCUT2D eigenvalue weighted by Gasteiger charge is -2.20. The number of allylic oxidation sites excluding steroid dienone is 1. The first-order chi connectivity index (χ1) is 6.09. The van der Waals surface area contributed by atoms with Gasteiger partial charge in [0, 0.05) is 12.0 Å². The Balaban J connectivity index is 2.59. The molecule has 0 aromatic carbocycles. The zero-order valence-corrected chi connectivity index (χ0v) is 8.33. The van der Waals surface area contributed by atoms with Crippen molar-refractivity contribution in [1.82, 2.24) is 10.2 Å². The molecule has 0 aliphatic heterocycles. The molecule has 0 saturated heterocycles. The Morgan fingerprint density at radius 1 is 1.31 bits per heavy atom. The monoisotopic (exact) mass is 174 g/mol. The van der Waals surface area contributed by atoms with Crippen LogP contribution in [0, 0.1) is 0 Å². The van der Waals surface area contributed by atoms with E-state index in [9.17, 15) is 0 Å². The van der Waals surface area contributed by atoms with Crippen LogP contribution >= 0.6 is 0 Å². The normalized spacial score (nSPS) is 14.7. The summed E-state index contributed by atoms with van der Waals surface area (Å²) in [4.78, 5) is 0. The minimum atomic E-state index is 0.161. The maximum atomic E-state index is 4.12. The van der Waals surface area contributed by atoms with E-state index in [4.69, 9.17) is 0 Å². The summed E-state index contributed by atoms with van der Waals surface area (Å²) >= 11 is 0. The standard InChI is InChI=1S/C11H14N2/c1-11(2,3)9-7-12-13-10-6-4-5-8(9)10/h4-5,7H,6H2,1-3H3. The van der Waals surface area contributed by atoms with Crippen LogP contribution in [0.5, 0.6) is 0 Å². The molecule has 0 unspecified atom stereocenters.